The van der Waals surface area contributed by atoms with Gasteiger partial charge < -0.3 is 14.5 Å². The highest BCUT2D eigenvalue weighted by molar-refractivity contribution is 7.10. The first-order valence-corrected chi connectivity index (χ1v) is 14.2. The number of thiazole rings is 1. The van der Waals surface area contributed by atoms with Gasteiger partial charge in [-0.2, -0.15) is 0 Å². The van der Waals surface area contributed by atoms with Crippen LogP contribution < -0.4 is 0 Å². The van der Waals surface area contributed by atoms with Crippen LogP contribution in [0.1, 0.15) is 67.6 Å². The number of halogens is 2. The lowest BCUT2D eigenvalue weighted by Gasteiger charge is -2.44. The van der Waals surface area contributed by atoms with Crippen molar-refractivity contribution in [3.63, 3.8) is 0 Å². The summed E-state index contributed by atoms with van der Waals surface area (Å²) in [6.45, 7) is 9.14. The highest BCUT2D eigenvalue weighted by Gasteiger charge is 2.39. The van der Waals surface area contributed by atoms with Crippen molar-refractivity contribution in [1.29, 1.82) is 0 Å². The molecule has 3 atom stereocenters. The summed E-state index contributed by atoms with van der Waals surface area (Å²) in [5, 5.41) is 2.42. The molecule has 8 nitrogen and oxygen atoms in total. The Morgan fingerprint density at radius 1 is 1.16 bits per heavy atom. The van der Waals surface area contributed by atoms with E-state index in [1.165, 1.54) is 35.6 Å². The van der Waals surface area contributed by atoms with Crippen LogP contribution in [-0.4, -0.2) is 87.2 Å². The normalized spacial score (nSPS) is 22.5. The van der Waals surface area contributed by atoms with Crippen molar-refractivity contribution in [2.24, 2.45) is 0 Å². The van der Waals surface area contributed by atoms with Gasteiger partial charge >= 0.3 is 6.09 Å². The molecular weight excluding hydrogens is 531 g/mol. The number of aromatic nitrogens is 1. The number of amides is 2. The average Bonchev–Trinajstić information content (AvgIpc) is 3.53. The predicted octanol–water partition coefficient (Wildman–Crippen LogP) is 4.73. The summed E-state index contributed by atoms with van der Waals surface area (Å²) in [5.41, 5.74) is 0.0735. The summed E-state index contributed by atoms with van der Waals surface area (Å²) in [6, 6.07) is 4.88. The second-order valence-corrected chi connectivity index (χ2v) is 12.1. The molecule has 38 heavy (non-hydrogen) atoms. The van der Waals surface area contributed by atoms with Crippen LogP contribution in [0.15, 0.2) is 29.6 Å². The molecule has 2 saturated heterocycles. The van der Waals surface area contributed by atoms with E-state index in [1.54, 1.807) is 10.3 Å². The quantitative estimate of drug-likeness (QED) is 0.373. The minimum atomic E-state index is -0.593. The summed E-state index contributed by atoms with van der Waals surface area (Å²) in [7, 11) is 0. The molecule has 2 aliphatic heterocycles. The van der Waals surface area contributed by atoms with Gasteiger partial charge in [0.05, 0.1) is 12.6 Å². The molecule has 0 bridgehead atoms. The molecule has 1 aromatic heterocycles. The van der Waals surface area contributed by atoms with Crippen LogP contribution in [-0.2, 0) is 9.53 Å². The molecule has 0 radical (unpaired) electrons. The molecular formula is C27H34ClFN4O4S. The highest BCUT2D eigenvalue weighted by atomic mass is 35.5. The minimum absolute atomic E-state index is 0.0258. The van der Waals surface area contributed by atoms with Gasteiger partial charge in [0.15, 0.2) is 0 Å². The highest BCUT2D eigenvalue weighted by Crippen LogP contribution is 2.34. The summed E-state index contributed by atoms with van der Waals surface area (Å²) in [6.07, 6.45) is 1.24. The molecule has 2 amide bonds. The number of ether oxygens (including phenoxy) is 1. The molecule has 0 saturated carbocycles. The first-order valence-electron chi connectivity index (χ1n) is 12.8. The van der Waals surface area contributed by atoms with Crippen LogP contribution in [0.2, 0.25) is 0 Å². The lowest BCUT2D eigenvalue weighted by atomic mass is 10.1. The Bertz CT molecular complexity index is 1170. The minimum Gasteiger partial charge on any atom is -0.444 e. The van der Waals surface area contributed by atoms with Crippen molar-refractivity contribution in [2.45, 2.75) is 64.3 Å². The number of hydrogen-bond acceptors (Lipinski definition) is 7. The Morgan fingerprint density at radius 3 is 2.53 bits per heavy atom. The summed E-state index contributed by atoms with van der Waals surface area (Å²) in [5.74, 6) is -0.422. The van der Waals surface area contributed by atoms with Crippen molar-refractivity contribution in [3.05, 3.63) is 51.7 Å². The number of carbonyl (C=O) groups excluding carboxylic acids is 3. The van der Waals surface area contributed by atoms with Crippen molar-refractivity contribution in [1.82, 2.24) is 19.7 Å². The summed E-state index contributed by atoms with van der Waals surface area (Å²) < 4.78 is 18.8. The van der Waals surface area contributed by atoms with Crippen LogP contribution in [0.5, 0.6) is 0 Å². The van der Waals surface area contributed by atoms with E-state index in [2.05, 4.69) is 4.98 Å². The Labute approximate surface area is 231 Å². The van der Waals surface area contributed by atoms with E-state index in [1.807, 2.05) is 37.5 Å². The Kier molecular flexibility index (Phi) is 8.74. The molecule has 2 aromatic rings. The number of hydrogen-bond donors (Lipinski definition) is 0. The zero-order valence-corrected chi connectivity index (χ0v) is 23.7. The second-order valence-electron chi connectivity index (χ2n) is 10.9. The average molecular weight is 565 g/mol. The summed E-state index contributed by atoms with van der Waals surface area (Å²) in [4.78, 5) is 49.1. The third-order valence-electron chi connectivity index (χ3n) is 6.82. The van der Waals surface area contributed by atoms with Crippen molar-refractivity contribution < 1.29 is 23.5 Å². The van der Waals surface area contributed by atoms with E-state index in [0.29, 0.717) is 30.9 Å². The van der Waals surface area contributed by atoms with Gasteiger partial charge in [0.1, 0.15) is 22.1 Å². The lowest BCUT2D eigenvalue weighted by Crippen LogP contribution is -2.61. The SMILES string of the molecule is CC1CN(CC(=O)N2CCC[C@H]2c2nc(C(=O)c3ccc(F)cc3)cs2)C(CCl)CN1C(=O)OC(C)(C)C. The number of carbonyl (C=O) groups is 3. The van der Waals surface area contributed by atoms with E-state index < -0.39 is 11.4 Å². The predicted molar refractivity (Wildman–Crippen MR) is 144 cm³/mol. The molecule has 0 aliphatic carbocycles. The van der Waals surface area contributed by atoms with E-state index in [9.17, 15) is 18.8 Å². The van der Waals surface area contributed by atoms with E-state index in [0.717, 1.165) is 17.8 Å². The maximum Gasteiger partial charge on any atom is 0.410 e. The van der Waals surface area contributed by atoms with Gasteiger partial charge in [0.2, 0.25) is 11.7 Å². The first kappa shape index (κ1) is 28.4. The molecule has 2 fully saturated rings. The summed E-state index contributed by atoms with van der Waals surface area (Å²) >= 11 is 7.64. The topological polar surface area (TPSA) is 83.1 Å². The number of piperazine rings is 1. The molecule has 2 aliphatic rings. The number of nitrogens with zero attached hydrogens (tertiary/aromatic N) is 4. The fourth-order valence-corrected chi connectivity index (χ4v) is 6.14. The fraction of sp³-hybridized carbons (Fsp3) is 0.556. The first-order chi connectivity index (χ1) is 18.0. The zero-order chi connectivity index (χ0) is 27.6. The monoisotopic (exact) mass is 564 g/mol. The van der Waals surface area contributed by atoms with Crippen molar-refractivity contribution in [2.75, 3.05) is 32.1 Å². The molecule has 0 spiro atoms. The number of alkyl halides is 1. The second kappa shape index (κ2) is 11.7. The van der Waals surface area contributed by atoms with Crippen molar-refractivity contribution in [3.8, 4) is 0 Å². The molecule has 206 valence electrons. The van der Waals surface area contributed by atoms with Crippen LogP contribution in [0.25, 0.3) is 0 Å². The van der Waals surface area contributed by atoms with Gasteiger partial charge in [-0.3, -0.25) is 14.5 Å². The van der Waals surface area contributed by atoms with E-state index in [4.69, 9.17) is 16.3 Å². The van der Waals surface area contributed by atoms with Gasteiger partial charge in [0.25, 0.3) is 0 Å². The maximum atomic E-state index is 13.5. The van der Waals surface area contributed by atoms with Crippen molar-refractivity contribution >= 4 is 40.7 Å². The maximum absolute atomic E-state index is 13.5. The van der Waals surface area contributed by atoms with Gasteiger partial charge in [-0.1, -0.05) is 0 Å². The largest absolute Gasteiger partial charge is 0.444 e. The number of benzene rings is 1. The van der Waals surface area contributed by atoms with E-state index in [-0.39, 0.29) is 48.3 Å². The van der Waals surface area contributed by atoms with Gasteiger partial charge in [0, 0.05) is 48.5 Å². The van der Waals surface area contributed by atoms with E-state index >= 15 is 0 Å². The third kappa shape index (κ3) is 6.52. The Balaban J connectivity index is 1.41. The Morgan fingerprint density at radius 2 is 1.87 bits per heavy atom. The molecule has 0 N–H and O–H groups in total. The van der Waals surface area contributed by atoms with Gasteiger partial charge in [-0.05, 0) is 64.8 Å². The Hall–Kier alpha value is -2.56. The van der Waals surface area contributed by atoms with Gasteiger partial charge in [-0.25, -0.2) is 14.2 Å². The molecule has 1 aromatic carbocycles. The lowest BCUT2D eigenvalue weighted by molar-refractivity contribution is -0.134. The van der Waals surface area contributed by atoms with Crippen LogP contribution in [0.4, 0.5) is 9.18 Å². The number of rotatable bonds is 6. The van der Waals surface area contributed by atoms with Gasteiger partial charge in [-0.15, -0.1) is 22.9 Å². The molecule has 3 heterocycles. The fourth-order valence-electron chi connectivity index (χ4n) is 4.91. The molecule has 4 rings (SSSR count). The number of likely N-dealkylation sites (tertiary alicyclic amines) is 1. The molecule has 11 heteroatoms. The van der Waals surface area contributed by atoms with Crippen LogP contribution in [0, 0.1) is 5.82 Å². The third-order valence-corrected chi connectivity index (χ3v) is 8.12. The van der Waals surface area contributed by atoms with Crippen LogP contribution in [0.3, 0.4) is 0 Å². The van der Waals surface area contributed by atoms with Crippen LogP contribution >= 0.6 is 22.9 Å². The smallest absolute Gasteiger partial charge is 0.410 e. The number of ketones is 1. The zero-order valence-electron chi connectivity index (χ0n) is 22.2. The molecule has 2 unspecified atom stereocenters. The standard InChI is InChI=1S/C27H34ClFN4O4S/c1-17-13-31(20(12-28)14-33(17)26(36)37-27(2,3)4)15-23(34)32-11-5-6-22(32)25-30-21(16-38-25)24(35)18-7-9-19(29)10-8-18/h7-10,16-17,20,22H,5-6,11-15H2,1-4H3/t17?,20?,22-/m0/s1.